The summed E-state index contributed by atoms with van der Waals surface area (Å²) in [5, 5.41) is 12.0. The fourth-order valence-electron chi connectivity index (χ4n) is 1.34. The number of halogens is 1. The summed E-state index contributed by atoms with van der Waals surface area (Å²) in [6, 6.07) is 0. The van der Waals surface area contributed by atoms with Crippen molar-refractivity contribution >= 4 is 28.9 Å². The number of carbonyl (C=O) groups is 1. The fraction of sp³-hybridized carbons (Fsp3) is 0.222. The molecule has 0 saturated heterocycles. The number of nitrogens with one attached hydrogen (secondary N) is 1. The van der Waals surface area contributed by atoms with Crippen molar-refractivity contribution in [2.45, 2.75) is 13.8 Å². The molecular formula is C9H8ClN3O3S. The highest BCUT2D eigenvalue weighted by molar-refractivity contribution is 7.16. The summed E-state index contributed by atoms with van der Waals surface area (Å²) in [6.45, 7) is 3.23. The van der Waals surface area contributed by atoms with Gasteiger partial charge in [-0.25, -0.2) is 9.78 Å². The van der Waals surface area contributed by atoms with Crippen LogP contribution in [0.5, 0.6) is 0 Å². The molecule has 0 saturated carbocycles. The van der Waals surface area contributed by atoms with Gasteiger partial charge in [-0.2, -0.15) is 4.68 Å². The van der Waals surface area contributed by atoms with Gasteiger partial charge in [0.05, 0.1) is 11.4 Å². The van der Waals surface area contributed by atoms with Gasteiger partial charge in [0.1, 0.15) is 9.90 Å². The number of aryl methyl sites for hydroxylation is 2. The second-order valence-corrected chi connectivity index (χ2v) is 4.76. The van der Waals surface area contributed by atoms with Crippen molar-refractivity contribution < 1.29 is 9.90 Å². The molecule has 0 fully saturated rings. The third-order valence-electron chi connectivity index (χ3n) is 2.17. The molecule has 0 atom stereocenters. The largest absolute Gasteiger partial charge is 0.477 e. The number of hydrogen-bond acceptors (Lipinski definition) is 4. The molecular weight excluding hydrogens is 266 g/mol. The maximum absolute atomic E-state index is 11.7. The maximum Gasteiger partial charge on any atom is 0.347 e. The molecule has 0 amide bonds. The lowest BCUT2D eigenvalue weighted by Crippen LogP contribution is -2.14. The van der Waals surface area contributed by atoms with Gasteiger partial charge in [0, 0.05) is 0 Å². The van der Waals surface area contributed by atoms with Crippen LogP contribution in [-0.4, -0.2) is 25.8 Å². The zero-order valence-corrected chi connectivity index (χ0v) is 10.5. The van der Waals surface area contributed by atoms with Crippen molar-refractivity contribution in [3.05, 3.63) is 31.6 Å². The van der Waals surface area contributed by atoms with Crippen molar-refractivity contribution in [3.8, 4) is 5.13 Å². The van der Waals surface area contributed by atoms with Gasteiger partial charge in [-0.15, -0.1) is 0 Å². The van der Waals surface area contributed by atoms with Crippen molar-refractivity contribution in [1.29, 1.82) is 0 Å². The van der Waals surface area contributed by atoms with E-state index in [1.807, 2.05) is 0 Å². The fourth-order valence-corrected chi connectivity index (χ4v) is 2.33. The lowest BCUT2D eigenvalue weighted by molar-refractivity contribution is 0.0701. The number of thiazole rings is 1. The van der Waals surface area contributed by atoms with Crippen LogP contribution < -0.4 is 5.56 Å². The van der Waals surface area contributed by atoms with Gasteiger partial charge in [0.15, 0.2) is 0 Å². The van der Waals surface area contributed by atoms with Crippen molar-refractivity contribution in [2.24, 2.45) is 0 Å². The van der Waals surface area contributed by atoms with Crippen LogP contribution in [0.4, 0.5) is 0 Å². The Kier molecular flexibility index (Phi) is 2.80. The Morgan fingerprint density at radius 1 is 1.53 bits per heavy atom. The smallest absolute Gasteiger partial charge is 0.347 e. The second kappa shape index (κ2) is 4.01. The highest BCUT2D eigenvalue weighted by Gasteiger charge is 2.18. The first-order chi connectivity index (χ1) is 7.91. The molecule has 90 valence electrons. The zero-order chi connectivity index (χ0) is 12.7. The predicted octanol–water partition coefficient (Wildman–Crippen LogP) is 1.59. The Bertz CT molecular complexity index is 655. The average Bonchev–Trinajstić information content (AvgIpc) is 2.75. The topological polar surface area (TPSA) is 88.0 Å². The predicted molar refractivity (Wildman–Crippen MR) is 63.5 cm³/mol. The van der Waals surface area contributed by atoms with E-state index in [2.05, 4.69) is 10.1 Å². The molecule has 2 N–H and O–H groups in total. The molecule has 0 radical (unpaired) electrons. The van der Waals surface area contributed by atoms with E-state index in [1.54, 1.807) is 13.8 Å². The first-order valence-corrected chi connectivity index (χ1v) is 5.79. The van der Waals surface area contributed by atoms with E-state index >= 15 is 0 Å². The molecule has 2 aromatic heterocycles. The summed E-state index contributed by atoms with van der Waals surface area (Å²) in [5.74, 6) is -1.06. The molecule has 6 nitrogen and oxygen atoms in total. The lowest BCUT2D eigenvalue weighted by atomic mass is 10.4. The van der Waals surface area contributed by atoms with Gasteiger partial charge < -0.3 is 5.11 Å². The van der Waals surface area contributed by atoms with Crippen LogP contribution in [-0.2, 0) is 0 Å². The summed E-state index contributed by atoms with van der Waals surface area (Å²) >= 11 is 6.67. The number of nitrogens with zero attached hydrogens (tertiary/aromatic N) is 2. The summed E-state index contributed by atoms with van der Waals surface area (Å²) in [7, 11) is 0. The Morgan fingerprint density at radius 2 is 2.18 bits per heavy atom. The first kappa shape index (κ1) is 11.9. The van der Waals surface area contributed by atoms with Crippen molar-refractivity contribution in [3.63, 3.8) is 0 Å². The Hall–Kier alpha value is -1.60. The van der Waals surface area contributed by atoms with E-state index in [-0.39, 0.29) is 15.0 Å². The molecule has 17 heavy (non-hydrogen) atoms. The minimum Gasteiger partial charge on any atom is -0.477 e. The zero-order valence-electron chi connectivity index (χ0n) is 8.94. The number of H-pyrrole nitrogens is 1. The van der Waals surface area contributed by atoms with Gasteiger partial charge in [0.2, 0.25) is 5.13 Å². The number of aromatic amines is 1. The van der Waals surface area contributed by atoms with Crippen molar-refractivity contribution in [1.82, 2.24) is 14.8 Å². The highest BCUT2D eigenvalue weighted by Crippen LogP contribution is 2.21. The summed E-state index contributed by atoms with van der Waals surface area (Å²) in [5.41, 5.74) is 0.448. The molecule has 0 aliphatic rings. The summed E-state index contributed by atoms with van der Waals surface area (Å²) in [6.07, 6.45) is 0. The quantitative estimate of drug-likeness (QED) is 0.870. The van der Waals surface area contributed by atoms with E-state index in [4.69, 9.17) is 16.7 Å². The molecule has 0 aliphatic heterocycles. The van der Waals surface area contributed by atoms with Crippen LogP contribution in [0.25, 0.3) is 5.13 Å². The van der Waals surface area contributed by atoms with E-state index in [1.165, 1.54) is 0 Å². The molecule has 0 aromatic carbocycles. The van der Waals surface area contributed by atoms with Gasteiger partial charge in [-0.3, -0.25) is 9.89 Å². The van der Waals surface area contributed by atoms with E-state index in [9.17, 15) is 9.59 Å². The van der Waals surface area contributed by atoms with Crippen LogP contribution >= 0.6 is 22.9 Å². The lowest BCUT2D eigenvalue weighted by Gasteiger charge is -1.92. The van der Waals surface area contributed by atoms with E-state index in [0.717, 1.165) is 16.0 Å². The molecule has 0 spiro atoms. The number of carboxylic acid groups (broad SMARTS) is 1. The minimum atomic E-state index is -1.06. The van der Waals surface area contributed by atoms with Crippen LogP contribution in [0, 0.1) is 13.8 Å². The number of rotatable bonds is 2. The van der Waals surface area contributed by atoms with Crippen LogP contribution in [0.15, 0.2) is 4.79 Å². The van der Waals surface area contributed by atoms with Gasteiger partial charge in [-0.05, 0) is 13.8 Å². The number of carboxylic acids is 1. The highest BCUT2D eigenvalue weighted by atomic mass is 35.5. The van der Waals surface area contributed by atoms with Crippen molar-refractivity contribution in [2.75, 3.05) is 0 Å². The molecule has 2 heterocycles. The second-order valence-electron chi connectivity index (χ2n) is 3.41. The molecule has 2 aromatic rings. The number of aromatic nitrogens is 3. The van der Waals surface area contributed by atoms with Crippen LogP contribution in [0.1, 0.15) is 21.1 Å². The Balaban J connectivity index is 2.62. The third kappa shape index (κ3) is 1.87. The third-order valence-corrected chi connectivity index (χ3v) is 3.75. The van der Waals surface area contributed by atoms with Gasteiger partial charge >= 0.3 is 5.97 Å². The Labute approximate surface area is 104 Å². The molecule has 0 bridgehead atoms. The molecule has 2 rings (SSSR count). The van der Waals surface area contributed by atoms with E-state index < -0.39 is 11.5 Å². The standard InChI is InChI=1S/C9H8ClN3O3S/c1-3-5(10)7(14)13(12-3)9-11-4(2)6(17-9)8(15)16/h12H,1-2H3,(H,15,16). The SMILES string of the molecule is Cc1nc(-n2[nH]c(C)c(Cl)c2=O)sc1C(=O)O. The number of hydrogen-bond donors (Lipinski definition) is 2. The molecule has 0 aliphatic carbocycles. The number of aromatic carboxylic acids is 1. The average molecular weight is 274 g/mol. The van der Waals surface area contributed by atoms with E-state index in [0.29, 0.717) is 11.4 Å². The Morgan fingerprint density at radius 3 is 2.59 bits per heavy atom. The maximum atomic E-state index is 11.7. The molecule has 0 unspecified atom stereocenters. The monoisotopic (exact) mass is 273 g/mol. The van der Waals surface area contributed by atoms with Gasteiger partial charge in [0.25, 0.3) is 5.56 Å². The van der Waals surface area contributed by atoms with Crippen LogP contribution in [0.2, 0.25) is 5.02 Å². The molecule has 8 heteroatoms. The normalized spacial score (nSPS) is 10.8. The van der Waals surface area contributed by atoms with Crippen LogP contribution in [0.3, 0.4) is 0 Å². The summed E-state index contributed by atoms with van der Waals surface area (Å²) < 4.78 is 1.14. The first-order valence-electron chi connectivity index (χ1n) is 4.60. The minimum absolute atomic E-state index is 0.0785. The summed E-state index contributed by atoms with van der Waals surface area (Å²) in [4.78, 5) is 26.7. The van der Waals surface area contributed by atoms with Gasteiger partial charge in [-0.1, -0.05) is 22.9 Å².